The third-order valence-corrected chi connectivity index (χ3v) is 3.59. The Morgan fingerprint density at radius 2 is 2.06 bits per heavy atom. The van der Waals surface area contributed by atoms with Gasteiger partial charge in [-0.25, -0.2) is 0 Å². The molecule has 0 aromatic heterocycles. The molecule has 1 heterocycles. The van der Waals surface area contributed by atoms with E-state index in [0.717, 1.165) is 32.2 Å². The summed E-state index contributed by atoms with van der Waals surface area (Å²) >= 11 is 0. The summed E-state index contributed by atoms with van der Waals surface area (Å²) in [4.78, 5) is 25.5. The van der Waals surface area contributed by atoms with Gasteiger partial charge in [0.15, 0.2) is 0 Å². The van der Waals surface area contributed by atoms with Crippen LogP contribution in [0.25, 0.3) is 0 Å². The quantitative estimate of drug-likeness (QED) is 0.781. The van der Waals surface area contributed by atoms with Crippen molar-refractivity contribution in [2.45, 2.75) is 45.6 Å². The molecule has 1 unspecified atom stereocenters. The summed E-state index contributed by atoms with van der Waals surface area (Å²) in [5, 5.41) is 2.70. The zero-order chi connectivity index (χ0) is 12.4. The molecular formula is C13H22N2O2. The largest absolute Gasteiger partial charge is 0.345 e. The minimum Gasteiger partial charge on any atom is -0.345 e. The van der Waals surface area contributed by atoms with Crippen molar-refractivity contribution >= 4 is 11.8 Å². The summed E-state index contributed by atoms with van der Waals surface area (Å²) in [6, 6.07) is -0.177. The Kier molecular flexibility index (Phi) is 3.69. The molecule has 0 radical (unpaired) electrons. The molecular weight excluding hydrogens is 216 g/mol. The zero-order valence-corrected chi connectivity index (χ0v) is 10.7. The van der Waals surface area contributed by atoms with Gasteiger partial charge in [0.25, 0.3) is 0 Å². The van der Waals surface area contributed by atoms with Gasteiger partial charge < -0.3 is 10.2 Å². The molecule has 2 aliphatic rings. The average molecular weight is 238 g/mol. The molecule has 1 aliphatic heterocycles. The number of hydrogen-bond acceptors (Lipinski definition) is 2. The van der Waals surface area contributed by atoms with Crippen LogP contribution in [0.1, 0.15) is 39.5 Å². The monoisotopic (exact) mass is 238 g/mol. The van der Waals surface area contributed by atoms with Crippen molar-refractivity contribution in [1.82, 2.24) is 10.2 Å². The number of hydrogen-bond donors (Lipinski definition) is 1. The van der Waals surface area contributed by atoms with Gasteiger partial charge in [-0.2, -0.15) is 0 Å². The third-order valence-electron chi connectivity index (χ3n) is 3.59. The predicted molar refractivity (Wildman–Crippen MR) is 65.3 cm³/mol. The molecule has 4 nitrogen and oxygen atoms in total. The number of amides is 2. The van der Waals surface area contributed by atoms with Crippen LogP contribution in [0.4, 0.5) is 0 Å². The molecule has 0 aromatic rings. The molecule has 1 aliphatic carbocycles. The van der Waals surface area contributed by atoms with Gasteiger partial charge in [0.05, 0.1) is 6.54 Å². The van der Waals surface area contributed by atoms with E-state index in [0.29, 0.717) is 11.8 Å². The van der Waals surface area contributed by atoms with Crippen molar-refractivity contribution < 1.29 is 9.59 Å². The summed E-state index contributed by atoms with van der Waals surface area (Å²) in [5.74, 6) is 1.21. The number of carbonyl (C=O) groups is 2. The lowest BCUT2D eigenvalue weighted by atomic mass is 10.0. The Hall–Kier alpha value is -1.06. The van der Waals surface area contributed by atoms with E-state index in [9.17, 15) is 9.59 Å². The summed E-state index contributed by atoms with van der Waals surface area (Å²) in [7, 11) is 0. The van der Waals surface area contributed by atoms with E-state index in [1.807, 2.05) is 4.90 Å². The Bertz CT molecular complexity index is 311. The van der Waals surface area contributed by atoms with Crippen LogP contribution in [0.5, 0.6) is 0 Å². The average Bonchev–Trinajstić information content (AvgIpc) is 3.06. The Morgan fingerprint density at radius 1 is 1.35 bits per heavy atom. The predicted octanol–water partition coefficient (Wildman–Crippen LogP) is 1.16. The second kappa shape index (κ2) is 5.07. The maximum absolute atomic E-state index is 11.9. The fraction of sp³-hybridized carbons (Fsp3) is 0.846. The van der Waals surface area contributed by atoms with E-state index in [1.54, 1.807) is 0 Å². The molecule has 17 heavy (non-hydrogen) atoms. The van der Waals surface area contributed by atoms with Gasteiger partial charge in [-0.1, -0.05) is 13.8 Å². The molecule has 2 amide bonds. The molecule has 4 heteroatoms. The second-order valence-corrected chi connectivity index (χ2v) is 5.62. The topological polar surface area (TPSA) is 49.4 Å². The first kappa shape index (κ1) is 12.4. The summed E-state index contributed by atoms with van der Waals surface area (Å²) < 4.78 is 0. The van der Waals surface area contributed by atoms with E-state index in [1.165, 1.54) is 0 Å². The fourth-order valence-corrected chi connectivity index (χ4v) is 2.48. The van der Waals surface area contributed by atoms with Gasteiger partial charge in [-0.15, -0.1) is 0 Å². The first-order valence-electron chi connectivity index (χ1n) is 6.66. The number of nitrogens with one attached hydrogen (secondary N) is 1. The van der Waals surface area contributed by atoms with Crippen LogP contribution in [-0.4, -0.2) is 35.8 Å². The van der Waals surface area contributed by atoms with Gasteiger partial charge in [-0.05, 0) is 37.5 Å². The first-order valence-corrected chi connectivity index (χ1v) is 6.66. The summed E-state index contributed by atoms with van der Waals surface area (Å²) in [6.07, 6.45) is 4.29. The minimum absolute atomic E-state index is 0.0525. The summed E-state index contributed by atoms with van der Waals surface area (Å²) in [6.45, 7) is 5.29. The van der Waals surface area contributed by atoms with Crippen LogP contribution in [-0.2, 0) is 9.59 Å². The van der Waals surface area contributed by atoms with Crippen LogP contribution in [0.15, 0.2) is 0 Å². The third kappa shape index (κ3) is 2.99. The molecule has 1 atom stereocenters. The van der Waals surface area contributed by atoms with Crippen LogP contribution in [0.2, 0.25) is 0 Å². The molecule has 1 N–H and O–H groups in total. The zero-order valence-electron chi connectivity index (χ0n) is 10.7. The highest BCUT2D eigenvalue weighted by Crippen LogP contribution is 2.36. The number of carbonyl (C=O) groups excluding carboxylic acids is 2. The molecule has 0 aromatic carbocycles. The molecule has 1 saturated carbocycles. The minimum atomic E-state index is -0.177. The molecule has 96 valence electrons. The lowest BCUT2D eigenvalue weighted by Crippen LogP contribution is -2.59. The lowest BCUT2D eigenvalue weighted by molar-refractivity contribution is -0.146. The van der Waals surface area contributed by atoms with Crippen LogP contribution < -0.4 is 5.32 Å². The highest BCUT2D eigenvalue weighted by molar-refractivity contribution is 5.95. The molecule has 2 rings (SSSR count). The molecule has 0 bridgehead atoms. The molecule has 1 saturated heterocycles. The van der Waals surface area contributed by atoms with Crippen molar-refractivity contribution in [3.05, 3.63) is 0 Å². The maximum Gasteiger partial charge on any atom is 0.243 e. The highest BCUT2D eigenvalue weighted by atomic mass is 16.2. The Balaban J connectivity index is 1.94. The van der Waals surface area contributed by atoms with Crippen molar-refractivity contribution in [3.8, 4) is 0 Å². The number of nitrogens with zero attached hydrogens (tertiary/aromatic N) is 1. The van der Waals surface area contributed by atoms with E-state index >= 15 is 0 Å². The molecule has 2 fully saturated rings. The molecule has 0 spiro atoms. The smallest absolute Gasteiger partial charge is 0.243 e. The maximum atomic E-state index is 11.9. The van der Waals surface area contributed by atoms with Gasteiger partial charge in [0.1, 0.15) is 6.04 Å². The van der Waals surface area contributed by atoms with Gasteiger partial charge >= 0.3 is 0 Å². The SMILES string of the molecule is CC(C)CCCN1C(=O)CNC(=O)C1C1CC1. The van der Waals surface area contributed by atoms with E-state index < -0.39 is 0 Å². The van der Waals surface area contributed by atoms with Crippen molar-refractivity contribution in [3.63, 3.8) is 0 Å². The van der Waals surface area contributed by atoms with Crippen LogP contribution >= 0.6 is 0 Å². The standard InChI is InChI=1S/C13H22N2O2/c1-9(2)4-3-7-15-11(16)8-14-13(17)12(15)10-5-6-10/h9-10,12H,3-8H2,1-2H3,(H,14,17). The van der Waals surface area contributed by atoms with Crippen LogP contribution in [0.3, 0.4) is 0 Å². The van der Waals surface area contributed by atoms with E-state index in [2.05, 4.69) is 19.2 Å². The fourth-order valence-electron chi connectivity index (χ4n) is 2.48. The van der Waals surface area contributed by atoms with Crippen molar-refractivity contribution in [2.24, 2.45) is 11.8 Å². The summed E-state index contributed by atoms with van der Waals surface area (Å²) in [5.41, 5.74) is 0. The van der Waals surface area contributed by atoms with Gasteiger partial charge in [-0.3, -0.25) is 9.59 Å². The van der Waals surface area contributed by atoms with E-state index in [4.69, 9.17) is 0 Å². The normalized spacial score (nSPS) is 25.4. The lowest BCUT2D eigenvalue weighted by Gasteiger charge is -2.35. The second-order valence-electron chi connectivity index (χ2n) is 5.62. The number of rotatable bonds is 5. The van der Waals surface area contributed by atoms with Gasteiger partial charge in [0, 0.05) is 6.54 Å². The first-order chi connectivity index (χ1) is 8.09. The number of piperazine rings is 1. The van der Waals surface area contributed by atoms with Crippen LogP contribution in [0, 0.1) is 11.8 Å². The van der Waals surface area contributed by atoms with E-state index in [-0.39, 0.29) is 24.4 Å². The van der Waals surface area contributed by atoms with Crippen molar-refractivity contribution in [2.75, 3.05) is 13.1 Å². The van der Waals surface area contributed by atoms with Crippen molar-refractivity contribution in [1.29, 1.82) is 0 Å². The highest BCUT2D eigenvalue weighted by Gasteiger charge is 2.44. The Labute approximate surface area is 103 Å². The van der Waals surface area contributed by atoms with Gasteiger partial charge in [0.2, 0.25) is 11.8 Å². The Morgan fingerprint density at radius 3 is 2.65 bits per heavy atom.